The molecule has 0 fully saturated rings. The van der Waals surface area contributed by atoms with Crippen LogP contribution in [0.25, 0.3) is 0 Å². The van der Waals surface area contributed by atoms with Crippen LogP contribution in [0.3, 0.4) is 0 Å². The van der Waals surface area contributed by atoms with Gasteiger partial charge in [0.2, 0.25) is 10.0 Å². The van der Waals surface area contributed by atoms with Gasteiger partial charge in [0.1, 0.15) is 0 Å². The predicted octanol–water partition coefficient (Wildman–Crippen LogP) is 2.75. The lowest BCUT2D eigenvalue weighted by molar-refractivity contribution is -0.0501. The van der Waals surface area contributed by atoms with E-state index >= 15 is 0 Å². The molecule has 0 amide bonds. The van der Waals surface area contributed by atoms with Crippen molar-refractivity contribution < 1.29 is 43.4 Å². The van der Waals surface area contributed by atoms with Crippen molar-refractivity contribution in [2.75, 3.05) is 6.54 Å². The van der Waals surface area contributed by atoms with E-state index in [0.717, 1.165) is 9.87 Å². The van der Waals surface area contributed by atoms with Gasteiger partial charge in [-0.25, -0.2) is 12.8 Å². The third kappa shape index (κ3) is 4.04. The Hall–Kier alpha value is -2.51. The first kappa shape index (κ1) is 22.2. The minimum absolute atomic E-state index is 0.123. The van der Waals surface area contributed by atoms with Crippen molar-refractivity contribution in [2.45, 2.75) is 23.9 Å². The highest BCUT2D eigenvalue weighted by molar-refractivity contribution is 7.89. The van der Waals surface area contributed by atoms with Gasteiger partial charge in [0.15, 0.2) is 17.3 Å². The van der Waals surface area contributed by atoms with Gasteiger partial charge in [-0.05, 0) is 36.8 Å². The molecular weight excluding hydrogens is 454 g/mol. The summed E-state index contributed by atoms with van der Waals surface area (Å²) in [4.78, 5) is 12.2. The van der Waals surface area contributed by atoms with Gasteiger partial charge in [-0.1, -0.05) is 17.7 Å². The van der Waals surface area contributed by atoms with E-state index in [1.54, 1.807) is 6.92 Å². The van der Waals surface area contributed by atoms with Gasteiger partial charge < -0.3 is 4.18 Å². The van der Waals surface area contributed by atoms with E-state index in [0.29, 0.717) is 12.1 Å². The summed E-state index contributed by atoms with van der Waals surface area (Å²) in [7, 11) is -10.3. The molecule has 0 spiro atoms. The fraction of sp³-hybridized carbons (Fsp3) is 0.235. The molecule has 1 aliphatic rings. The van der Waals surface area contributed by atoms with Crippen LogP contribution in [0.2, 0.25) is 0 Å². The SMILES string of the molecule is Cc1ccc(S(=O)(=O)N2CC(=O)c3cc(F)c(OS(=O)(=O)C(F)(F)F)cc3C2)cc1. The molecule has 0 radical (unpaired) electrons. The Balaban J connectivity index is 1.99. The van der Waals surface area contributed by atoms with E-state index in [1.165, 1.54) is 24.3 Å². The zero-order valence-corrected chi connectivity index (χ0v) is 16.7. The van der Waals surface area contributed by atoms with Crippen LogP contribution in [0.4, 0.5) is 17.6 Å². The van der Waals surface area contributed by atoms with Crippen molar-refractivity contribution in [1.29, 1.82) is 0 Å². The number of Topliss-reactive ketones (excluding diaryl/α,β-unsaturated/α-hetero) is 1. The van der Waals surface area contributed by atoms with Gasteiger partial charge in [0.25, 0.3) is 0 Å². The van der Waals surface area contributed by atoms with Crippen molar-refractivity contribution in [2.24, 2.45) is 0 Å². The first-order chi connectivity index (χ1) is 13.7. The van der Waals surface area contributed by atoms with Crippen molar-refractivity contribution in [3.05, 3.63) is 58.9 Å². The van der Waals surface area contributed by atoms with Crippen molar-refractivity contribution in [3.63, 3.8) is 0 Å². The van der Waals surface area contributed by atoms with Gasteiger partial charge in [0, 0.05) is 12.1 Å². The number of hydrogen-bond donors (Lipinski definition) is 0. The Kier molecular flexibility index (Phi) is 5.41. The van der Waals surface area contributed by atoms with Gasteiger partial charge >= 0.3 is 15.6 Å². The van der Waals surface area contributed by atoms with Crippen LogP contribution in [0.1, 0.15) is 21.5 Å². The minimum Gasteiger partial charge on any atom is -0.373 e. The molecule has 3 rings (SSSR count). The van der Waals surface area contributed by atoms with Crippen LogP contribution in [-0.2, 0) is 26.7 Å². The van der Waals surface area contributed by atoms with Gasteiger partial charge in [0.05, 0.1) is 11.4 Å². The lowest BCUT2D eigenvalue weighted by Gasteiger charge is -2.27. The molecule has 0 aliphatic carbocycles. The highest BCUT2D eigenvalue weighted by Gasteiger charge is 2.49. The zero-order valence-electron chi connectivity index (χ0n) is 15.1. The molecule has 0 saturated carbocycles. The number of ketones is 1. The molecule has 1 aliphatic heterocycles. The molecular formula is C17H13F4NO6S2. The maximum Gasteiger partial charge on any atom is 0.534 e. The fourth-order valence-corrected chi connectivity index (χ4v) is 4.57. The van der Waals surface area contributed by atoms with Gasteiger partial charge in [-0.2, -0.15) is 25.9 Å². The second-order valence-corrected chi connectivity index (χ2v) is 9.91. The number of carbonyl (C=O) groups is 1. The summed E-state index contributed by atoms with van der Waals surface area (Å²) in [5, 5.41) is 0. The van der Waals surface area contributed by atoms with Crippen LogP contribution in [-0.4, -0.2) is 39.0 Å². The minimum atomic E-state index is -6.16. The molecule has 162 valence electrons. The standard InChI is InChI=1S/C17H13F4NO6S2/c1-10-2-4-12(5-3-10)29(24,25)22-8-11-6-16(28-30(26,27)17(19,20)21)14(18)7-13(11)15(23)9-22/h2-7H,8-9H2,1H3. The zero-order chi connectivity index (χ0) is 22.5. The van der Waals surface area contributed by atoms with Crippen molar-refractivity contribution in [3.8, 4) is 5.75 Å². The van der Waals surface area contributed by atoms with E-state index in [2.05, 4.69) is 4.18 Å². The molecule has 0 aromatic heterocycles. The first-order valence-corrected chi connectivity index (χ1v) is 11.0. The molecule has 13 heteroatoms. The summed E-state index contributed by atoms with van der Waals surface area (Å²) >= 11 is 0. The Bertz CT molecular complexity index is 1220. The summed E-state index contributed by atoms with van der Waals surface area (Å²) in [6, 6.07) is 6.81. The fourth-order valence-electron chi connectivity index (χ4n) is 2.74. The second kappa shape index (κ2) is 7.32. The number of benzene rings is 2. The Morgan fingerprint density at radius 2 is 1.60 bits per heavy atom. The predicted molar refractivity (Wildman–Crippen MR) is 95.1 cm³/mol. The summed E-state index contributed by atoms with van der Waals surface area (Å²) < 4.78 is 104. The highest BCUT2D eigenvalue weighted by Crippen LogP contribution is 2.33. The summed E-state index contributed by atoms with van der Waals surface area (Å²) in [5.41, 5.74) is -5.49. The Morgan fingerprint density at radius 1 is 1.00 bits per heavy atom. The van der Waals surface area contributed by atoms with Crippen molar-refractivity contribution in [1.82, 2.24) is 4.31 Å². The second-order valence-electron chi connectivity index (χ2n) is 6.43. The van der Waals surface area contributed by atoms with E-state index in [9.17, 15) is 39.2 Å². The van der Waals surface area contributed by atoms with Crippen LogP contribution in [0.15, 0.2) is 41.3 Å². The molecule has 7 nitrogen and oxygen atoms in total. The van der Waals surface area contributed by atoms with E-state index < -0.39 is 56.1 Å². The normalized spacial score (nSPS) is 15.7. The molecule has 0 N–H and O–H groups in total. The number of rotatable bonds is 4. The van der Waals surface area contributed by atoms with Gasteiger partial charge in [-0.15, -0.1) is 0 Å². The average molecular weight is 467 g/mol. The number of hydrogen-bond acceptors (Lipinski definition) is 6. The lowest BCUT2D eigenvalue weighted by Crippen LogP contribution is -2.39. The number of sulfonamides is 1. The average Bonchev–Trinajstić information content (AvgIpc) is 2.62. The molecule has 1 heterocycles. The molecule has 2 aromatic rings. The third-order valence-electron chi connectivity index (χ3n) is 4.27. The third-order valence-corrected chi connectivity index (χ3v) is 7.04. The first-order valence-electron chi connectivity index (χ1n) is 8.15. The number of alkyl halides is 3. The quantitative estimate of drug-likeness (QED) is 0.390. The number of nitrogens with zero attached hydrogens (tertiary/aromatic N) is 1. The molecule has 0 atom stereocenters. The monoisotopic (exact) mass is 467 g/mol. The topological polar surface area (TPSA) is 97.8 Å². The van der Waals surface area contributed by atoms with Crippen LogP contribution in [0, 0.1) is 12.7 Å². The summed E-state index contributed by atoms with van der Waals surface area (Å²) in [6.07, 6.45) is 0. The maximum atomic E-state index is 14.1. The molecule has 30 heavy (non-hydrogen) atoms. The van der Waals surface area contributed by atoms with Gasteiger partial charge in [-0.3, -0.25) is 4.79 Å². The number of halogens is 4. The summed E-state index contributed by atoms with van der Waals surface area (Å²) in [5.74, 6) is -3.62. The van der Waals surface area contributed by atoms with E-state index in [-0.39, 0.29) is 16.0 Å². The summed E-state index contributed by atoms with van der Waals surface area (Å²) in [6.45, 7) is 0.617. The molecule has 2 aromatic carbocycles. The number of aryl methyl sites for hydroxylation is 1. The molecule has 0 unspecified atom stereocenters. The maximum absolute atomic E-state index is 14.1. The smallest absolute Gasteiger partial charge is 0.373 e. The lowest BCUT2D eigenvalue weighted by atomic mass is 9.99. The molecule has 0 saturated heterocycles. The largest absolute Gasteiger partial charge is 0.534 e. The number of carbonyl (C=O) groups excluding carboxylic acids is 1. The highest BCUT2D eigenvalue weighted by atomic mass is 32.2. The Morgan fingerprint density at radius 3 is 2.17 bits per heavy atom. The van der Waals surface area contributed by atoms with E-state index in [1.807, 2.05) is 0 Å². The molecule has 0 bridgehead atoms. The van der Waals surface area contributed by atoms with E-state index in [4.69, 9.17) is 0 Å². The van der Waals surface area contributed by atoms with Crippen LogP contribution < -0.4 is 4.18 Å². The van der Waals surface area contributed by atoms with Crippen LogP contribution in [0.5, 0.6) is 5.75 Å². The Labute approximate surface area is 169 Å². The number of fused-ring (bicyclic) bond motifs is 1. The van der Waals surface area contributed by atoms with Crippen LogP contribution >= 0.6 is 0 Å². The van der Waals surface area contributed by atoms with Crippen molar-refractivity contribution >= 4 is 25.9 Å².